The number of ether oxygens (including phenoxy) is 1. The molecule has 1 fully saturated rings. The first-order chi connectivity index (χ1) is 15.6. The van der Waals surface area contributed by atoms with Gasteiger partial charge >= 0.3 is 0 Å². The zero-order valence-electron chi connectivity index (χ0n) is 17.8. The van der Waals surface area contributed by atoms with Crippen LogP contribution in [-0.4, -0.2) is 49.9 Å². The van der Waals surface area contributed by atoms with E-state index in [4.69, 9.17) is 10.5 Å². The lowest BCUT2D eigenvalue weighted by Gasteiger charge is -2.32. The van der Waals surface area contributed by atoms with Gasteiger partial charge in [-0.1, -0.05) is 12.1 Å². The SMILES string of the molecule is Cc1nc2ccccn2c1CC(=O)N1CCOC(c2ccc(-c3ccc(N)nc3)cn2)C1. The van der Waals surface area contributed by atoms with Crippen molar-refractivity contribution < 1.29 is 9.53 Å². The van der Waals surface area contributed by atoms with Crippen LogP contribution in [-0.2, 0) is 16.0 Å². The van der Waals surface area contributed by atoms with Crippen molar-refractivity contribution in [3.63, 3.8) is 0 Å². The number of morpholine rings is 1. The van der Waals surface area contributed by atoms with Crippen LogP contribution in [0.15, 0.2) is 61.1 Å². The van der Waals surface area contributed by atoms with Crippen LogP contribution in [0.5, 0.6) is 0 Å². The van der Waals surface area contributed by atoms with Crippen molar-refractivity contribution in [3.8, 4) is 11.1 Å². The van der Waals surface area contributed by atoms with E-state index in [1.54, 1.807) is 18.5 Å². The second-order valence-corrected chi connectivity index (χ2v) is 7.89. The number of anilines is 1. The van der Waals surface area contributed by atoms with Crippen molar-refractivity contribution in [2.75, 3.05) is 25.4 Å². The Hall–Kier alpha value is -3.78. The van der Waals surface area contributed by atoms with Gasteiger partial charge in [-0.25, -0.2) is 9.97 Å². The lowest BCUT2D eigenvalue weighted by molar-refractivity contribution is -0.138. The number of rotatable bonds is 4. The van der Waals surface area contributed by atoms with Crippen LogP contribution in [0.1, 0.15) is 23.2 Å². The zero-order chi connectivity index (χ0) is 22.1. The van der Waals surface area contributed by atoms with Crippen molar-refractivity contribution in [2.45, 2.75) is 19.4 Å². The molecule has 0 aromatic carbocycles. The van der Waals surface area contributed by atoms with Gasteiger partial charge in [-0.05, 0) is 37.3 Å². The number of carbonyl (C=O) groups is 1. The monoisotopic (exact) mass is 428 g/mol. The molecule has 1 aliphatic heterocycles. The molecule has 4 aromatic rings. The van der Waals surface area contributed by atoms with E-state index in [9.17, 15) is 4.79 Å². The number of hydrogen-bond donors (Lipinski definition) is 1. The molecular weight excluding hydrogens is 404 g/mol. The number of fused-ring (bicyclic) bond motifs is 1. The number of aromatic nitrogens is 4. The first kappa shape index (κ1) is 20.1. The van der Waals surface area contributed by atoms with Crippen LogP contribution >= 0.6 is 0 Å². The van der Waals surface area contributed by atoms with Crippen LogP contribution in [0.25, 0.3) is 16.8 Å². The van der Waals surface area contributed by atoms with Gasteiger partial charge in [0.2, 0.25) is 5.91 Å². The fourth-order valence-corrected chi connectivity index (χ4v) is 4.03. The number of nitrogen functional groups attached to an aromatic ring is 1. The van der Waals surface area contributed by atoms with Crippen molar-refractivity contribution in [2.24, 2.45) is 0 Å². The van der Waals surface area contributed by atoms with Gasteiger partial charge in [0.15, 0.2) is 0 Å². The maximum atomic E-state index is 13.1. The second kappa shape index (κ2) is 8.39. The van der Waals surface area contributed by atoms with E-state index in [1.165, 1.54) is 0 Å². The summed E-state index contributed by atoms with van der Waals surface area (Å²) in [6.45, 7) is 3.47. The molecular formula is C24H24N6O2. The topological polar surface area (TPSA) is 98.6 Å². The van der Waals surface area contributed by atoms with E-state index in [0.29, 0.717) is 31.9 Å². The molecule has 0 bridgehead atoms. The average Bonchev–Trinajstić information content (AvgIpc) is 3.14. The standard InChI is InChI=1S/C24H24N6O2/c1-16-20(30-9-3-2-4-23(30)28-16)12-24(31)29-10-11-32-21(15-29)19-7-5-17(13-26-19)18-6-8-22(25)27-14-18/h2-9,13-14,21H,10-12,15H2,1H3,(H2,25,27). The summed E-state index contributed by atoms with van der Waals surface area (Å²) in [4.78, 5) is 28.2. The Bertz CT molecular complexity index is 1250. The second-order valence-electron chi connectivity index (χ2n) is 7.89. The largest absolute Gasteiger partial charge is 0.384 e. The third-order valence-corrected chi connectivity index (χ3v) is 5.80. The Morgan fingerprint density at radius 2 is 1.94 bits per heavy atom. The lowest BCUT2D eigenvalue weighted by Crippen LogP contribution is -2.43. The number of nitrogens with zero attached hydrogens (tertiary/aromatic N) is 5. The molecule has 0 radical (unpaired) electrons. The summed E-state index contributed by atoms with van der Waals surface area (Å²) in [6.07, 6.45) is 5.53. The van der Waals surface area contributed by atoms with Crippen molar-refractivity contribution >= 4 is 17.4 Å². The number of aryl methyl sites for hydroxylation is 1. The molecule has 1 unspecified atom stereocenters. The highest BCUT2D eigenvalue weighted by atomic mass is 16.5. The van der Waals surface area contributed by atoms with E-state index in [-0.39, 0.29) is 12.0 Å². The summed E-state index contributed by atoms with van der Waals surface area (Å²) in [7, 11) is 0. The number of hydrogen-bond acceptors (Lipinski definition) is 6. The summed E-state index contributed by atoms with van der Waals surface area (Å²) >= 11 is 0. The summed E-state index contributed by atoms with van der Waals surface area (Å²) in [5.41, 5.74) is 11.0. The molecule has 5 rings (SSSR count). The molecule has 0 aliphatic carbocycles. The van der Waals surface area contributed by atoms with Gasteiger partial charge in [0.05, 0.1) is 36.7 Å². The molecule has 0 saturated carbocycles. The Balaban J connectivity index is 1.29. The number of carbonyl (C=O) groups excluding carboxylic acids is 1. The summed E-state index contributed by atoms with van der Waals surface area (Å²) in [5, 5.41) is 0. The molecule has 2 N–H and O–H groups in total. The molecule has 8 nitrogen and oxygen atoms in total. The number of imidazole rings is 1. The molecule has 0 spiro atoms. The highest BCUT2D eigenvalue weighted by Crippen LogP contribution is 2.25. The van der Waals surface area contributed by atoms with Gasteiger partial charge < -0.3 is 19.8 Å². The van der Waals surface area contributed by atoms with Gasteiger partial charge in [-0.3, -0.25) is 9.78 Å². The molecule has 8 heteroatoms. The molecule has 5 heterocycles. The maximum Gasteiger partial charge on any atom is 0.228 e. The van der Waals surface area contributed by atoms with Crippen LogP contribution in [0, 0.1) is 6.92 Å². The minimum atomic E-state index is -0.255. The minimum absolute atomic E-state index is 0.0663. The average molecular weight is 428 g/mol. The third kappa shape index (κ3) is 3.92. The highest BCUT2D eigenvalue weighted by Gasteiger charge is 2.27. The first-order valence-corrected chi connectivity index (χ1v) is 10.6. The predicted molar refractivity (Wildman–Crippen MR) is 121 cm³/mol. The van der Waals surface area contributed by atoms with Crippen LogP contribution < -0.4 is 5.73 Å². The van der Waals surface area contributed by atoms with Gasteiger partial charge in [0.25, 0.3) is 0 Å². The summed E-state index contributed by atoms with van der Waals surface area (Å²) in [6, 6.07) is 13.5. The van der Waals surface area contributed by atoms with Gasteiger partial charge in [-0.2, -0.15) is 0 Å². The van der Waals surface area contributed by atoms with Crippen molar-refractivity contribution in [3.05, 3.63) is 78.1 Å². The Morgan fingerprint density at radius 1 is 1.12 bits per heavy atom. The fraction of sp³-hybridized carbons (Fsp3) is 0.250. The molecule has 1 aliphatic rings. The Labute approximate surface area is 185 Å². The predicted octanol–water partition coefficient (Wildman–Crippen LogP) is 2.82. The van der Waals surface area contributed by atoms with Gasteiger partial charge in [-0.15, -0.1) is 0 Å². The highest BCUT2D eigenvalue weighted by molar-refractivity contribution is 5.79. The molecule has 4 aromatic heterocycles. The van der Waals surface area contributed by atoms with Gasteiger partial charge in [0, 0.05) is 36.3 Å². The Kier molecular flexibility index (Phi) is 5.28. The van der Waals surface area contributed by atoms with Gasteiger partial charge in [0.1, 0.15) is 17.6 Å². The molecule has 162 valence electrons. The van der Waals surface area contributed by atoms with E-state index in [0.717, 1.165) is 33.9 Å². The third-order valence-electron chi connectivity index (χ3n) is 5.80. The summed E-state index contributed by atoms with van der Waals surface area (Å²) < 4.78 is 7.92. The molecule has 32 heavy (non-hydrogen) atoms. The normalized spacial score (nSPS) is 16.4. The lowest BCUT2D eigenvalue weighted by atomic mass is 10.1. The fourth-order valence-electron chi connectivity index (χ4n) is 4.03. The Morgan fingerprint density at radius 3 is 2.69 bits per heavy atom. The minimum Gasteiger partial charge on any atom is -0.384 e. The maximum absolute atomic E-state index is 13.1. The number of pyridine rings is 3. The molecule has 1 amide bonds. The quantitative estimate of drug-likeness (QED) is 0.537. The van der Waals surface area contributed by atoms with E-state index in [2.05, 4.69) is 15.0 Å². The van der Waals surface area contributed by atoms with Crippen LogP contribution in [0.2, 0.25) is 0 Å². The van der Waals surface area contributed by atoms with E-state index >= 15 is 0 Å². The number of amides is 1. The zero-order valence-corrected chi connectivity index (χ0v) is 17.8. The number of nitrogens with two attached hydrogens (primary N) is 1. The van der Waals surface area contributed by atoms with Crippen molar-refractivity contribution in [1.29, 1.82) is 0 Å². The van der Waals surface area contributed by atoms with Crippen LogP contribution in [0.4, 0.5) is 5.82 Å². The van der Waals surface area contributed by atoms with Crippen molar-refractivity contribution in [1.82, 2.24) is 24.3 Å². The first-order valence-electron chi connectivity index (χ1n) is 10.6. The molecule has 1 saturated heterocycles. The summed E-state index contributed by atoms with van der Waals surface area (Å²) in [5.74, 6) is 0.550. The smallest absolute Gasteiger partial charge is 0.228 e. The van der Waals surface area contributed by atoms with E-state index in [1.807, 2.05) is 58.8 Å². The van der Waals surface area contributed by atoms with Crippen LogP contribution in [0.3, 0.4) is 0 Å². The van der Waals surface area contributed by atoms with E-state index < -0.39 is 0 Å². The molecule has 1 atom stereocenters.